The van der Waals surface area contributed by atoms with Crippen LogP contribution in [-0.4, -0.2) is 6.41 Å². The Morgan fingerprint density at radius 1 is 1.58 bits per heavy atom. The van der Waals surface area contributed by atoms with Gasteiger partial charge in [-0.3, -0.25) is 4.79 Å². The van der Waals surface area contributed by atoms with E-state index in [0.717, 1.165) is 23.4 Å². The van der Waals surface area contributed by atoms with E-state index in [0.29, 0.717) is 0 Å². The van der Waals surface area contributed by atoms with Gasteiger partial charge in [0, 0.05) is 5.02 Å². The zero-order chi connectivity index (χ0) is 8.55. The summed E-state index contributed by atoms with van der Waals surface area (Å²) in [6, 6.07) is 5.95. The number of amides is 1. The van der Waals surface area contributed by atoms with Crippen LogP contribution >= 0.6 is 11.6 Å². The van der Waals surface area contributed by atoms with Crippen molar-refractivity contribution in [2.24, 2.45) is 0 Å². The predicted molar refractivity (Wildman–Crippen MR) is 47.1 cm³/mol. The Morgan fingerprint density at radius 2 is 2.42 bits per heavy atom. The molecular weight excluding hydrogens is 174 g/mol. The van der Waals surface area contributed by atoms with Crippen molar-refractivity contribution in [3.8, 4) is 0 Å². The monoisotopic (exact) mass is 181 g/mol. The largest absolute Gasteiger partial charge is 0.352 e. The normalized spacial score (nSPS) is 19.2. The van der Waals surface area contributed by atoms with E-state index in [1.807, 2.05) is 18.2 Å². The molecule has 2 rings (SSSR count). The first-order chi connectivity index (χ1) is 5.81. The summed E-state index contributed by atoms with van der Waals surface area (Å²) in [5.41, 5.74) is 2.42. The summed E-state index contributed by atoms with van der Waals surface area (Å²) in [5.74, 6) is 0. The maximum Gasteiger partial charge on any atom is 0.207 e. The number of benzene rings is 1. The Bertz CT molecular complexity index is 324. The van der Waals surface area contributed by atoms with Crippen LogP contribution in [0, 0.1) is 0 Å². The van der Waals surface area contributed by atoms with Crippen molar-refractivity contribution in [1.82, 2.24) is 5.32 Å². The summed E-state index contributed by atoms with van der Waals surface area (Å²) in [7, 11) is 0. The molecule has 0 spiro atoms. The maximum atomic E-state index is 10.2. The van der Waals surface area contributed by atoms with Gasteiger partial charge in [-0.2, -0.15) is 0 Å². The third-order valence-corrected chi connectivity index (χ3v) is 2.41. The molecule has 0 fully saturated rings. The topological polar surface area (TPSA) is 29.1 Å². The number of halogens is 1. The second kappa shape index (κ2) is 2.79. The highest BCUT2D eigenvalue weighted by Gasteiger charge is 2.25. The van der Waals surface area contributed by atoms with Crippen LogP contribution in [0.4, 0.5) is 0 Å². The standard InChI is InChI=1S/C9H8ClNO/c10-7-2-1-6-3-9(11-5-12)8(6)4-7/h1-2,4-5,9H,3H2,(H,11,12). The number of nitrogens with one attached hydrogen (secondary N) is 1. The fourth-order valence-electron chi connectivity index (χ4n) is 1.51. The lowest BCUT2D eigenvalue weighted by atomic mass is 9.83. The molecule has 0 saturated carbocycles. The highest BCUT2D eigenvalue weighted by molar-refractivity contribution is 6.30. The molecule has 0 radical (unpaired) electrons. The van der Waals surface area contributed by atoms with Crippen molar-refractivity contribution in [3.63, 3.8) is 0 Å². The van der Waals surface area contributed by atoms with Crippen LogP contribution in [-0.2, 0) is 11.2 Å². The summed E-state index contributed by atoms with van der Waals surface area (Å²) in [6.45, 7) is 0. The maximum absolute atomic E-state index is 10.2. The SMILES string of the molecule is O=CNC1Cc2ccc(Cl)cc21. The molecule has 0 aliphatic heterocycles. The van der Waals surface area contributed by atoms with Crippen molar-refractivity contribution in [2.45, 2.75) is 12.5 Å². The van der Waals surface area contributed by atoms with Gasteiger partial charge in [-0.15, -0.1) is 0 Å². The number of carbonyl (C=O) groups excluding carboxylic acids is 1. The summed E-state index contributed by atoms with van der Waals surface area (Å²) < 4.78 is 0. The van der Waals surface area contributed by atoms with Crippen molar-refractivity contribution in [1.29, 1.82) is 0 Å². The molecule has 0 saturated heterocycles. The van der Waals surface area contributed by atoms with Gasteiger partial charge in [0.25, 0.3) is 0 Å². The van der Waals surface area contributed by atoms with Gasteiger partial charge in [-0.05, 0) is 29.7 Å². The van der Waals surface area contributed by atoms with Crippen LogP contribution < -0.4 is 5.32 Å². The molecule has 0 heterocycles. The number of hydrogen-bond donors (Lipinski definition) is 1. The van der Waals surface area contributed by atoms with Crippen molar-refractivity contribution in [3.05, 3.63) is 34.3 Å². The lowest BCUT2D eigenvalue weighted by Gasteiger charge is -2.29. The van der Waals surface area contributed by atoms with Crippen molar-refractivity contribution < 1.29 is 4.79 Å². The lowest BCUT2D eigenvalue weighted by molar-refractivity contribution is -0.110. The molecule has 0 aromatic heterocycles. The number of rotatable bonds is 2. The third-order valence-electron chi connectivity index (χ3n) is 2.18. The highest BCUT2D eigenvalue weighted by Crippen LogP contribution is 2.34. The van der Waals surface area contributed by atoms with Crippen LogP contribution in [0.25, 0.3) is 0 Å². The average Bonchev–Trinajstić information content (AvgIpc) is 2.05. The summed E-state index contributed by atoms with van der Waals surface area (Å²) in [5, 5.41) is 3.45. The Labute approximate surface area is 75.5 Å². The lowest BCUT2D eigenvalue weighted by Crippen LogP contribution is -2.30. The molecule has 62 valence electrons. The fraction of sp³-hybridized carbons (Fsp3) is 0.222. The Morgan fingerprint density at radius 3 is 3.17 bits per heavy atom. The zero-order valence-electron chi connectivity index (χ0n) is 6.38. The Kier molecular flexibility index (Phi) is 1.77. The van der Waals surface area contributed by atoms with Gasteiger partial charge in [-0.25, -0.2) is 0 Å². The van der Waals surface area contributed by atoms with Crippen molar-refractivity contribution >= 4 is 18.0 Å². The summed E-state index contributed by atoms with van der Waals surface area (Å²) in [4.78, 5) is 10.2. The molecule has 3 heteroatoms. The van der Waals surface area contributed by atoms with Gasteiger partial charge >= 0.3 is 0 Å². The summed E-state index contributed by atoms with van der Waals surface area (Å²) >= 11 is 5.80. The molecule has 2 nitrogen and oxygen atoms in total. The van der Waals surface area contributed by atoms with E-state index in [4.69, 9.17) is 11.6 Å². The van der Waals surface area contributed by atoms with Gasteiger partial charge in [0.05, 0.1) is 6.04 Å². The molecule has 1 amide bonds. The molecule has 1 aromatic rings. The van der Waals surface area contributed by atoms with Gasteiger partial charge in [0.2, 0.25) is 6.41 Å². The predicted octanol–water partition coefficient (Wildman–Crippen LogP) is 1.68. The fourth-order valence-corrected chi connectivity index (χ4v) is 1.69. The minimum absolute atomic E-state index is 0.177. The van der Waals surface area contributed by atoms with E-state index in [1.165, 1.54) is 5.56 Å². The van der Waals surface area contributed by atoms with Crippen LogP contribution in [0.2, 0.25) is 5.02 Å². The average molecular weight is 182 g/mol. The molecule has 1 unspecified atom stereocenters. The van der Waals surface area contributed by atoms with Crippen LogP contribution in [0.3, 0.4) is 0 Å². The summed E-state index contributed by atoms with van der Waals surface area (Å²) in [6.07, 6.45) is 1.65. The van der Waals surface area contributed by atoms with Gasteiger partial charge < -0.3 is 5.32 Å². The van der Waals surface area contributed by atoms with E-state index in [2.05, 4.69) is 5.32 Å². The minimum Gasteiger partial charge on any atom is -0.352 e. The molecule has 1 aromatic carbocycles. The van der Waals surface area contributed by atoms with Crippen LogP contribution in [0.5, 0.6) is 0 Å². The number of fused-ring (bicyclic) bond motifs is 1. The second-order valence-corrected chi connectivity index (χ2v) is 3.32. The van der Waals surface area contributed by atoms with Gasteiger partial charge in [-0.1, -0.05) is 17.7 Å². The quantitative estimate of drug-likeness (QED) is 0.692. The number of carbonyl (C=O) groups is 1. The molecule has 1 aliphatic carbocycles. The van der Waals surface area contributed by atoms with E-state index >= 15 is 0 Å². The van der Waals surface area contributed by atoms with E-state index in [1.54, 1.807) is 0 Å². The van der Waals surface area contributed by atoms with Gasteiger partial charge in [0.15, 0.2) is 0 Å². The molecular formula is C9H8ClNO. The molecule has 12 heavy (non-hydrogen) atoms. The Balaban J connectivity index is 2.27. The molecule has 0 bridgehead atoms. The molecule has 1 N–H and O–H groups in total. The van der Waals surface area contributed by atoms with E-state index in [-0.39, 0.29) is 6.04 Å². The van der Waals surface area contributed by atoms with Crippen LogP contribution in [0.1, 0.15) is 17.2 Å². The zero-order valence-corrected chi connectivity index (χ0v) is 7.14. The second-order valence-electron chi connectivity index (χ2n) is 2.88. The minimum atomic E-state index is 0.177. The molecule has 1 aliphatic rings. The van der Waals surface area contributed by atoms with E-state index < -0.39 is 0 Å². The smallest absolute Gasteiger partial charge is 0.207 e. The van der Waals surface area contributed by atoms with Gasteiger partial charge in [0.1, 0.15) is 0 Å². The van der Waals surface area contributed by atoms with Crippen LogP contribution in [0.15, 0.2) is 18.2 Å². The first-order valence-corrected chi connectivity index (χ1v) is 4.17. The van der Waals surface area contributed by atoms with Crippen molar-refractivity contribution in [2.75, 3.05) is 0 Å². The Hall–Kier alpha value is -1.02. The first kappa shape index (κ1) is 7.62. The molecule has 1 atom stereocenters. The highest BCUT2D eigenvalue weighted by atomic mass is 35.5. The van der Waals surface area contributed by atoms with E-state index in [9.17, 15) is 4.79 Å². The number of hydrogen-bond acceptors (Lipinski definition) is 1. The first-order valence-electron chi connectivity index (χ1n) is 3.79. The third kappa shape index (κ3) is 1.08.